The molecule has 108 valence electrons. The quantitative estimate of drug-likeness (QED) is 0.790. The van der Waals surface area contributed by atoms with E-state index in [0.29, 0.717) is 11.7 Å². The molecule has 2 aromatic rings. The zero-order valence-corrected chi connectivity index (χ0v) is 13.7. The van der Waals surface area contributed by atoms with Crippen molar-refractivity contribution < 1.29 is 9.53 Å². The van der Waals surface area contributed by atoms with Crippen LogP contribution >= 0.6 is 22.7 Å². The minimum atomic E-state index is -0.371. The number of rotatable bonds is 5. The van der Waals surface area contributed by atoms with Crippen LogP contribution in [0.5, 0.6) is 0 Å². The van der Waals surface area contributed by atoms with E-state index in [1.165, 1.54) is 23.3 Å². The van der Waals surface area contributed by atoms with E-state index in [4.69, 9.17) is 4.74 Å². The van der Waals surface area contributed by atoms with Gasteiger partial charge in [0.05, 0.1) is 13.7 Å². The highest BCUT2D eigenvalue weighted by atomic mass is 32.1. The molecule has 20 heavy (non-hydrogen) atoms. The molecule has 0 N–H and O–H groups in total. The fraction of sp³-hybridized carbons (Fsp3) is 0.429. The Morgan fingerprint density at radius 3 is 2.80 bits per heavy atom. The molecule has 0 fully saturated rings. The fourth-order valence-corrected chi connectivity index (χ4v) is 3.56. The van der Waals surface area contributed by atoms with Gasteiger partial charge in [-0.15, -0.1) is 22.7 Å². The van der Waals surface area contributed by atoms with E-state index in [9.17, 15) is 4.79 Å². The molecule has 0 aromatic carbocycles. The predicted octanol–water partition coefficient (Wildman–Crippen LogP) is 3.71. The van der Waals surface area contributed by atoms with Crippen LogP contribution in [0.1, 0.15) is 34.1 Å². The molecule has 4 nitrogen and oxygen atoms in total. The number of ether oxygens (including phenoxy) is 1. The fourth-order valence-electron chi connectivity index (χ4n) is 1.83. The van der Waals surface area contributed by atoms with Crippen LogP contribution in [0.4, 0.5) is 5.13 Å². The summed E-state index contributed by atoms with van der Waals surface area (Å²) in [6, 6.07) is 4.47. The molecule has 0 aliphatic heterocycles. The second kappa shape index (κ2) is 6.37. The molecule has 0 bridgehead atoms. The number of aromatic nitrogens is 1. The Hall–Kier alpha value is -1.40. The Labute approximate surface area is 127 Å². The highest BCUT2D eigenvalue weighted by Gasteiger charge is 2.21. The van der Waals surface area contributed by atoms with Crippen LogP contribution in [0.15, 0.2) is 17.5 Å². The topological polar surface area (TPSA) is 42.4 Å². The van der Waals surface area contributed by atoms with Crippen molar-refractivity contribution in [3.05, 3.63) is 33.0 Å². The van der Waals surface area contributed by atoms with E-state index in [-0.39, 0.29) is 5.97 Å². The van der Waals surface area contributed by atoms with Gasteiger partial charge in [-0.05, 0) is 32.2 Å². The van der Waals surface area contributed by atoms with Crippen molar-refractivity contribution in [3.63, 3.8) is 0 Å². The third-order valence-corrected chi connectivity index (χ3v) is 4.81. The molecule has 0 spiro atoms. The molecule has 0 aliphatic rings. The van der Waals surface area contributed by atoms with Gasteiger partial charge in [0.2, 0.25) is 0 Å². The molecule has 0 aliphatic carbocycles. The van der Waals surface area contributed by atoms with Crippen molar-refractivity contribution in [3.8, 4) is 0 Å². The van der Waals surface area contributed by atoms with Gasteiger partial charge in [0.1, 0.15) is 0 Å². The molecule has 6 heteroatoms. The Bertz CT molecular complexity index is 576. The molecular weight excluding hydrogens is 292 g/mol. The number of thiazole rings is 1. The Morgan fingerprint density at radius 1 is 1.50 bits per heavy atom. The van der Waals surface area contributed by atoms with Crippen LogP contribution in [-0.4, -0.2) is 24.1 Å². The van der Waals surface area contributed by atoms with Crippen LogP contribution in [0, 0.1) is 6.92 Å². The summed E-state index contributed by atoms with van der Waals surface area (Å²) in [7, 11) is 1.38. The standard InChI is InChI=1S/C14H18N2O2S2/c1-9(2)16(8-11-6-5-7-19-11)14-15-12(10(3)20-14)13(17)18-4/h5-7,9H,8H2,1-4H3. The largest absolute Gasteiger partial charge is 0.464 e. The lowest BCUT2D eigenvalue weighted by atomic mass is 10.3. The highest BCUT2D eigenvalue weighted by Crippen LogP contribution is 2.29. The van der Waals surface area contributed by atoms with Crippen LogP contribution in [0.3, 0.4) is 0 Å². The third kappa shape index (κ3) is 3.19. The molecule has 0 radical (unpaired) electrons. The summed E-state index contributed by atoms with van der Waals surface area (Å²) in [4.78, 5) is 20.5. The summed E-state index contributed by atoms with van der Waals surface area (Å²) in [5.41, 5.74) is 0.421. The first-order valence-electron chi connectivity index (χ1n) is 6.37. The van der Waals surface area contributed by atoms with Crippen molar-refractivity contribution in [1.29, 1.82) is 0 Å². The molecule has 0 saturated heterocycles. The van der Waals surface area contributed by atoms with Crippen LogP contribution in [0.2, 0.25) is 0 Å². The summed E-state index contributed by atoms with van der Waals surface area (Å²) < 4.78 is 4.77. The van der Waals surface area contributed by atoms with Gasteiger partial charge < -0.3 is 9.64 Å². The maximum absolute atomic E-state index is 11.7. The van der Waals surface area contributed by atoms with Gasteiger partial charge in [0, 0.05) is 15.8 Å². The summed E-state index contributed by atoms with van der Waals surface area (Å²) in [5.74, 6) is -0.371. The number of nitrogens with zero attached hydrogens (tertiary/aromatic N) is 2. The summed E-state index contributed by atoms with van der Waals surface area (Å²) in [6.07, 6.45) is 0. The number of carbonyl (C=O) groups is 1. The Kier molecular flexibility index (Phi) is 4.77. The molecular formula is C14H18N2O2S2. The average Bonchev–Trinajstić information content (AvgIpc) is 3.04. The maximum atomic E-state index is 11.7. The lowest BCUT2D eigenvalue weighted by Crippen LogP contribution is -2.29. The molecule has 0 unspecified atom stereocenters. The highest BCUT2D eigenvalue weighted by molar-refractivity contribution is 7.15. The van der Waals surface area contributed by atoms with Crippen molar-refractivity contribution in [2.24, 2.45) is 0 Å². The van der Waals surface area contributed by atoms with Crippen molar-refractivity contribution in [2.75, 3.05) is 12.0 Å². The summed E-state index contributed by atoms with van der Waals surface area (Å²) >= 11 is 3.26. The number of esters is 1. The Balaban J connectivity index is 2.28. The number of thiophene rings is 1. The molecule has 0 saturated carbocycles. The lowest BCUT2D eigenvalue weighted by molar-refractivity contribution is 0.0594. The van der Waals surface area contributed by atoms with Gasteiger partial charge in [0.15, 0.2) is 10.8 Å². The van der Waals surface area contributed by atoms with Gasteiger partial charge in [0.25, 0.3) is 0 Å². The second-order valence-electron chi connectivity index (χ2n) is 4.69. The molecule has 0 amide bonds. The predicted molar refractivity (Wildman–Crippen MR) is 83.8 cm³/mol. The van der Waals surface area contributed by atoms with Crippen LogP contribution in [0.25, 0.3) is 0 Å². The number of anilines is 1. The molecule has 2 heterocycles. The summed E-state index contributed by atoms with van der Waals surface area (Å²) in [5, 5.41) is 2.94. The van der Waals surface area contributed by atoms with Gasteiger partial charge in [-0.25, -0.2) is 9.78 Å². The van der Waals surface area contributed by atoms with Crippen molar-refractivity contribution >= 4 is 33.8 Å². The first-order chi connectivity index (χ1) is 9.52. The normalized spacial score (nSPS) is 10.8. The van der Waals surface area contributed by atoms with Gasteiger partial charge in [-0.1, -0.05) is 6.07 Å². The maximum Gasteiger partial charge on any atom is 0.357 e. The van der Waals surface area contributed by atoms with E-state index in [1.807, 2.05) is 13.0 Å². The zero-order chi connectivity index (χ0) is 14.7. The van der Waals surface area contributed by atoms with E-state index in [1.54, 1.807) is 11.3 Å². The van der Waals surface area contributed by atoms with Crippen LogP contribution < -0.4 is 4.90 Å². The minimum absolute atomic E-state index is 0.313. The van der Waals surface area contributed by atoms with Crippen LogP contribution in [-0.2, 0) is 11.3 Å². The van der Waals surface area contributed by atoms with E-state index >= 15 is 0 Å². The van der Waals surface area contributed by atoms with E-state index in [2.05, 4.69) is 35.2 Å². The summed E-state index contributed by atoms with van der Waals surface area (Å²) in [6.45, 7) is 6.96. The minimum Gasteiger partial charge on any atom is -0.464 e. The van der Waals surface area contributed by atoms with E-state index in [0.717, 1.165) is 16.6 Å². The molecule has 2 aromatic heterocycles. The average molecular weight is 310 g/mol. The van der Waals surface area contributed by atoms with Gasteiger partial charge in [-0.3, -0.25) is 0 Å². The Morgan fingerprint density at radius 2 is 2.25 bits per heavy atom. The van der Waals surface area contributed by atoms with Gasteiger partial charge in [-0.2, -0.15) is 0 Å². The SMILES string of the molecule is COC(=O)c1nc(N(Cc2cccs2)C(C)C)sc1C. The molecule has 2 rings (SSSR count). The third-order valence-electron chi connectivity index (χ3n) is 2.94. The first-order valence-corrected chi connectivity index (χ1v) is 8.07. The smallest absolute Gasteiger partial charge is 0.357 e. The first kappa shape index (κ1) is 15.0. The number of carbonyl (C=O) groups excluding carboxylic acids is 1. The van der Waals surface area contributed by atoms with Gasteiger partial charge >= 0.3 is 5.97 Å². The number of hydrogen-bond donors (Lipinski definition) is 0. The number of hydrogen-bond acceptors (Lipinski definition) is 6. The second-order valence-corrected chi connectivity index (χ2v) is 6.91. The molecule has 0 atom stereocenters. The van der Waals surface area contributed by atoms with Crippen molar-refractivity contribution in [2.45, 2.75) is 33.4 Å². The number of methoxy groups -OCH3 is 1. The zero-order valence-electron chi connectivity index (χ0n) is 12.0. The van der Waals surface area contributed by atoms with E-state index < -0.39 is 0 Å². The van der Waals surface area contributed by atoms with Crippen molar-refractivity contribution in [1.82, 2.24) is 4.98 Å². The lowest BCUT2D eigenvalue weighted by Gasteiger charge is -2.25. The monoisotopic (exact) mass is 310 g/mol. The number of aryl methyl sites for hydroxylation is 1.